The number of carbonyl (C=O) groups excluding carboxylic acids is 2. The van der Waals surface area contributed by atoms with Gasteiger partial charge in [-0.2, -0.15) is 0 Å². The molecule has 1 rings (SSSR count). The Morgan fingerprint density at radius 1 is 1.08 bits per heavy atom. The molecule has 0 saturated heterocycles. The van der Waals surface area contributed by atoms with Gasteiger partial charge in [0.15, 0.2) is 0 Å². The predicted molar refractivity (Wildman–Crippen MR) is 95.1 cm³/mol. The van der Waals surface area contributed by atoms with Crippen molar-refractivity contribution in [3.05, 3.63) is 22.2 Å². The quantitative estimate of drug-likeness (QED) is 0.630. The van der Waals surface area contributed by atoms with E-state index in [0.29, 0.717) is 31.0 Å². The molecule has 0 aliphatic carbocycles. The maximum Gasteiger partial charge on any atom is 0.410 e. The van der Waals surface area contributed by atoms with Crippen LogP contribution in [0, 0.1) is 0 Å². The number of halogens is 1. The highest BCUT2D eigenvalue weighted by atomic mass is 79.9. The van der Waals surface area contributed by atoms with Crippen LogP contribution in [0.1, 0.15) is 19.4 Å². The fraction of sp³-hybridized carbons (Fsp3) is 0.500. The highest BCUT2D eigenvalue weighted by Gasteiger charge is 2.14. The minimum Gasteiger partial charge on any atom is -0.496 e. The van der Waals surface area contributed by atoms with E-state index in [0.717, 1.165) is 10.0 Å². The molecule has 0 saturated carbocycles. The van der Waals surface area contributed by atoms with Crippen LogP contribution in [-0.4, -0.2) is 45.8 Å². The zero-order chi connectivity index (χ0) is 18.8. The average Bonchev–Trinajstić information content (AvgIpc) is 2.55. The zero-order valence-electron chi connectivity index (χ0n) is 14.7. The summed E-state index contributed by atoms with van der Waals surface area (Å²) in [7, 11) is 3.14. The Labute approximate surface area is 155 Å². The first kappa shape index (κ1) is 20.9. The minimum atomic E-state index is -0.992. The third-order valence-corrected chi connectivity index (χ3v) is 3.71. The fourth-order valence-corrected chi connectivity index (χ4v) is 2.46. The number of hydrogen-bond donors (Lipinski definition) is 2. The van der Waals surface area contributed by atoms with Crippen molar-refractivity contribution in [2.75, 3.05) is 27.3 Å². The van der Waals surface area contributed by atoms with Crippen LogP contribution in [0.25, 0.3) is 0 Å². The summed E-state index contributed by atoms with van der Waals surface area (Å²) in [6.45, 7) is 3.95. The average molecular weight is 419 g/mol. The Hall–Kier alpha value is -2.16. The molecular formula is C16H23BrN2O6. The Morgan fingerprint density at radius 3 is 2.24 bits per heavy atom. The number of methoxy groups -OCH3 is 2. The lowest BCUT2D eigenvalue weighted by Crippen LogP contribution is -2.34. The largest absolute Gasteiger partial charge is 0.496 e. The first-order valence-corrected chi connectivity index (χ1v) is 8.49. The highest BCUT2D eigenvalue weighted by molar-refractivity contribution is 9.10. The molecule has 0 aromatic heterocycles. The molecule has 2 amide bonds. The zero-order valence-corrected chi connectivity index (χ0v) is 16.3. The van der Waals surface area contributed by atoms with Crippen molar-refractivity contribution >= 4 is 28.1 Å². The van der Waals surface area contributed by atoms with Crippen molar-refractivity contribution in [2.45, 2.75) is 26.6 Å². The molecule has 1 atom stereocenters. The molecule has 0 radical (unpaired) electrons. The van der Waals surface area contributed by atoms with E-state index in [9.17, 15) is 9.59 Å². The molecular weight excluding hydrogens is 396 g/mol. The number of ether oxygens (including phenoxy) is 4. The van der Waals surface area contributed by atoms with E-state index in [1.807, 2.05) is 6.07 Å². The lowest BCUT2D eigenvalue weighted by atomic mass is 10.1. The molecule has 2 N–H and O–H groups in total. The molecule has 1 unspecified atom stereocenters. The summed E-state index contributed by atoms with van der Waals surface area (Å²) >= 11 is 3.39. The standard InChI is InChI=1S/C16H23BrN2O6/c1-5-18-15(20)24-10(2)25-16(21)19-7-6-11-8-14(23-4)12(17)9-13(11)22-3/h8-10H,5-7H2,1-4H3,(H,18,20)(H,19,21). The smallest absolute Gasteiger partial charge is 0.410 e. The summed E-state index contributed by atoms with van der Waals surface area (Å²) in [5.41, 5.74) is 0.870. The molecule has 140 valence electrons. The normalized spacial score (nSPS) is 11.2. The summed E-state index contributed by atoms with van der Waals surface area (Å²) in [6, 6.07) is 3.63. The van der Waals surface area contributed by atoms with Gasteiger partial charge < -0.3 is 29.6 Å². The van der Waals surface area contributed by atoms with Crippen LogP contribution in [0.5, 0.6) is 11.5 Å². The molecule has 0 aliphatic heterocycles. The first-order valence-electron chi connectivity index (χ1n) is 7.70. The SMILES string of the molecule is CCNC(=O)OC(C)OC(=O)NCCc1cc(OC)c(Br)cc1OC. The van der Waals surface area contributed by atoms with Gasteiger partial charge in [0, 0.05) is 20.0 Å². The number of hydrogen-bond acceptors (Lipinski definition) is 6. The van der Waals surface area contributed by atoms with Gasteiger partial charge in [-0.15, -0.1) is 0 Å². The summed E-state index contributed by atoms with van der Waals surface area (Å²) in [5.74, 6) is 1.35. The second kappa shape index (κ2) is 10.7. The Kier molecular flexibility index (Phi) is 8.90. The van der Waals surface area contributed by atoms with Gasteiger partial charge in [-0.3, -0.25) is 0 Å². The number of alkyl carbamates (subject to hydrolysis) is 2. The van der Waals surface area contributed by atoms with E-state index < -0.39 is 18.5 Å². The fourth-order valence-electron chi connectivity index (χ4n) is 1.97. The van der Waals surface area contributed by atoms with Crippen LogP contribution in [0.15, 0.2) is 16.6 Å². The molecule has 0 bridgehead atoms. The van der Waals surface area contributed by atoms with Crippen LogP contribution in [0.3, 0.4) is 0 Å². The van der Waals surface area contributed by atoms with E-state index in [-0.39, 0.29) is 0 Å². The van der Waals surface area contributed by atoms with Crippen LogP contribution in [-0.2, 0) is 15.9 Å². The summed E-state index contributed by atoms with van der Waals surface area (Å²) < 4.78 is 21.1. The molecule has 8 nitrogen and oxygen atoms in total. The van der Waals surface area contributed by atoms with Crippen molar-refractivity contribution in [3.63, 3.8) is 0 Å². The topological polar surface area (TPSA) is 95.1 Å². The second-order valence-electron chi connectivity index (χ2n) is 4.88. The van der Waals surface area contributed by atoms with E-state index in [4.69, 9.17) is 18.9 Å². The molecule has 0 heterocycles. The first-order chi connectivity index (χ1) is 11.9. The van der Waals surface area contributed by atoms with Gasteiger partial charge in [-0.1, -0.05) is 0 Å². The van der Waals surface area contributed by atoms with E-state index >= 15 is 0 Å². The van der Waals surface area contributed by atoms with Gasteiger partial charge in [0.1, 0.15) is 11.5 Å². The third kappa shape index (κ3) is 7.08. The molecule has 9 heteroatoms. The number of amides is 2. The van der Waals surface area contributed by atoms with E-state index in [2.05, 4.69) is 26.6 Å². The van der Waals surface area contributed by atoms with Gasteiger partial charge in [-0.05, 0) is 47.0 Å². The summed E-state index contributed by atoms with van der Waals surface area (Å²) in [6.07, 6.45) is -1.81. The van der Waals surface area contributed by atoms with Crippen LogP contribution in [0.2, 0.25) is 0 Å². The van der Waals surface area contributed by atoms with E-state index in [1.54, 1.807) is 27.2 Å². The van der Waals surface area contributed by atoms with Crippen molar-refractivity contribution in [2.24, 2.45) is 0 Å². The maximum absolute atomic E-state index is 11.7. The maximum atomic E-state index is 11.7. The molecule has 0 spiro atoms. The molecule has 0 fully saturated rings. The molecule has 25 heavy (non-hydrogen) atoms. The van der Waals surface area contributed by atoms with Crippen molar-refractivity contribution < 1.29 is 28.5 Å². The number of rotatable bonds is 8. The van der Waals surface area contributed by atoms with Crippen molar-refractivity contribution in [1.29, 1.82) is 0 Å². The lowest BCUT2D eigenvalue weighted by Gasteiger charge is -2.15. The number of carbonyl (C=O) groups is 2. The van der Waals surface area contributed by atoms with Gasteiger partial charge in [0.2, 0.25) is 6.29 Å². The van der Waals surface area contributed by atoms with Crippen molar-refractivity contribution in [1.82, 2.24) is 10.6 Å². The predicted octanol–water partition coefficient (Wildman–Crippen LogP) is 2.83. The van der Waals surface area contributed by atoms with Crippen molar-refractivity contribution in [3.8, 4) is 11.5 Å². The minimum absolute atomic E-state index is 0.313. The van der Waals surface area contributed by atoms with Crippen LogP contribution < -0.4 is 20.1 Å². The van der Waals surface area contributed by atoms with Crippen LogP contribution in [0.4, 0.5) is 9.59 Å². The van der Waals surface area contributed by atoms with Crippen LogP contribution >= 0.6 is 15.9 Å². The Bertz CT molecular complexity index is 596. The molecule has 1 aromatic carbocycles. The Balaban J connectivity index is 2.49. The molecule has 0 aliphatic rings. The Morgan fingerprint density at radius 2 is 1.68 bits per heavy atom. The second-order valence-corrected chi connectivity index (χ2v) is 5.74. The van der Waals surface area contributed by atoms with E-state index in [1.165, 1.54) is 6.92 Å². The number of nitrogens with one attached hydrogen (secondary N) is 2. The third-order valence-electron chi connectivity index (χ3n) is 3.09. The molecule has 1 aromatic rings. The van der Waals surface area contributed by atoms with Gasteiger partial charge in [0.05, 0.1) is 18.7 Å². The lowest BCUT2D eigenvalue weighted by molar-refractivity contribution is -0.0477. The van der Waals surface area contributed by atoms with Gasteiger partial charge in [-0.25, -0.2) is 9.59 Å². The van der Waals surface area contributed by atoms with Gasteiger partial charge in [0.25, 0.3) is 0 Å². The highest BCUT2D eigenvalue weighted by Crippen LogP contribution is 2.32. The summed E-state index contributed by atoms with van der Waals surface area (Å²) in [5, 5.41) is 5.03. The monoisotopic (exact) mass is 418 g/mol. The van der Waals surface area contributed by atoms with Gasteiger partial charge >= 0.3 is 12.2 Å². The summed E-state index contributed by atoms with van der Waals surface area (Å²) in [4.78, 5) is 22.9. The number of benzene rings is 1.